The van der Waals surface area contributed by atoms with Crippen molar-refractivity contribution in [1.29, 1.82) is 0 Å². The van der Waals surface area contributed by atoms with Crippen molar-refractivity contribution in [3.05, 3.63) is 68.6 Å². The molecule has 1 aromatic heterocycles. The second kappa shape index (κ2) is 7.55. The fourth-order valence-corrected chi connectivity index (χ4v) is 4.62. The van der Waals surface area contributed by atoms with Crippen molar-refractivity contribution < 1.29 is 9.90 Å². The van der Waals surface area contributed by atoms with E-state index in [4.69, 9.17) is 0 Å². The van der Waals surface area contributed by atoms with Crippen LogP contribution in [-0.4, -0.2) is 34.0 Å². The van der Waals surface area contributed by atoms with Gasteiger partial charge in [-0.2, -0.15) is 0 Å². The normalized spacial score (nSPS) is 19.0. The first-order valence-electron chi connectivity index (χ1n) is 10.3. The minimum Gasteiger partial charge on any atom is -0.385 e. The number of rotatable bonds is 2. The van der Waals surface area contributed by atoms with E-state index in [0.29, 0.717) is 25.9 Å². The van der Waals surface area contributed by atoms with Crippen molar-refractivity contribution in [2.24, 2.45) is 0 Å². The Morgan fingerprint density at radius 3 is 2.57 bits per heavy atom. The molecule has 2 heterocycles. The summed E-state index contributed by atoms with van der Waals surface area (Å²) < 4.78 is 0. The lowest BCUT2D eigenvalue weighted by molar-refractivity contribution is -0.0216. The first-order chi connectivity index (χ1) is 13.5. The average Bonchev–Trinajstić information content (AvgIpc) is 2.92. The fourth-order valence-electron chi connectivity index (χ4n) is 4.62. The second-order valence-corrected chi connectivity index (χ2v) is 8.22. The SMILES string of the molecule is Cc1ccccc1C1(O)CCN(C(=O)c2cc3c([nH]c2=O)CCCCC3)CC1. The summed E-state index contributed by atoms with van der Waals surface area (Å²) in [5.74, 6) is -0.222. The summed E-state index contributed by atoms with van der Waals surface area (Å²) in [5, 5.41) is 11.1. The maximum atomic E-state index is 13.0. The summed E-state index contributed by atoms with van der Waals surface area (Å²) in [5.41, 5.74) is 3.13. The van der Waals surface area contributed by atoms with Gasteiger partial charge in [-0.25, -0.2) is 0 Å². The summed E-state index contributed by atoms with van der Waals surface area (Å²) in [6.07, 6.45) is 6.09. The van der Waals surface area contributed by atoms with Crippen LogP contribution in [0.2, 0.25) is 0 Å². The van der Waals surface area contributed by atoms with Crippen molar-refractivity contribution in [3.8, 4) is 0 Å². The molecule has 2 N–H and O–H groups in total. The molecule has 28 heavy (non-hydrogen) atoms. The Hall–Kier alpha value is -2.40. The summed E-state index contributed by atoms with van der Waals surface area (Å²) in [6.45, 7) is 2.89. The van der Waals surface area contributed by atoms with Gasteiger partial charge in [-0.15, -0.1) is 0 Å². The van der Waals surface area contributed by atoms with E-state index in [0.717, 1.165) is 54.5 Å². The van der Waals surface area contributed by atoms with Gasteiger partial charge in [0.1, 0.15) is 5.56 Å². The number of carbonyl (C=O) groups is 1. The Bertz CT molecular complexity index is 939. The number of H-pyrrole nitrogens is 1. The molecule has 1 fully saturated rings. The smallest absolute Gasteiger partial charge is 0.261 e. The van der Waals surface area contributed by atoms with E-state index in [-0.39, 0.29) is 17.0 Å². The van der Waals surface area contributed by atoms with Gasteiger partial charge >= 0.3 is 0 Å². The number of hydrogen-bond donors (Lipinski definition) is 2. The van der Waals surface area contributed by atoms with Crippen molar-refractivity contribution in [1.82, 2.24) is 9.88 Å². The predicted molar refractivity (Wildman–Crippen MR) is 109 cm³/mol. The van der Waals surface area contributed by atoms with E-state index in [1.165, 1.54) is 0 Å². The van der Waals surface area contributed by atoms with Gasteiger partial charge in [-0.05, 0) is 68.2 Å². The van der Waals surface area contributed by atoms with Gasteiger partial charge in [-0.3, -0.25) is 9.59 Å². The van der Waals surface area contributed by atoms with Crippen LogP contribution in [0, 0.1) is 6.92 Å². The van der Waals surface area contributed by atoms with Gasteiger partial charge in [0.15, 0.2) is 0 Å². The first-order valence-corrected chi connectivity index (χ1v) is 10.3. The molecule has 5 heteroatoms. The van der Waals surface area contributed by atoms with Gasteiger partial charge < -0.3 is 15.0 Å². The molecule has 0 saturated carbocycles. The molecule has 5 nitrogen and oxygen atoms in total. The molecule has 0 bridgehead atoms. The monoisotopic (exact) mass is 380 g/mol. The highest BCUT2D eigenvalue weighted by atomic mass is 16.3. The molecule has 148 valence electrons. The molecule has 2 aromatic rings. The van der Waals surface area contributed by atoms with Crippen LogP contribution in [0.3, 0.4) is 0 Å². The molecule has 0 atom stereocenters. The maximum absolute atomic E-state index is 13.0. The van der Waals surface area contributed by atoms with Crippen molar-refractivity contribution in [2.45, 2.75) is 57.5 Å². The zero-order valence-corrected chi connectivity index (χ0v) is 16.5. The second-order valence-electron chi connectivity index (χ2n) is 8.22. The fraction of sp³-hybridized carbons (Fsp3) is 0.478. The van der Waals surface area contributed by atoms with Crippen LogP contribution in [-0.2, 0) is 18.4 Å². The largest absolute Gasteiger partial charge is 0.385 e. The van der Waals surface area contributed by atoms with Gasteiger partial charge in [0.05, 0.1) is 5.60 Å². The Morgan fingerprint density at radius 2 is 1.82 bits per heavy atom. The maximum Gasteiger partial charge on any atom is 0.261 e. The number of likely N-dealkylation sites (tertiary alicyclic amines) is 1. The molecule has 4 rings (SSSR count). The third-order valence-electron chi connectivity index (χ3n) is 6.34. The molecule has 1 aromatic carbocycles. The van der Waals surface area contributed by atoms with Crippen LogP contribution < -0.4 is 5.56 Å². The number of pyridine rings is 1. The Labute approximate surface area is 165 Å². The van der Waals surface area contributed by atoms with E-state index in [1.54, 1.807) is 4.90 Å². The lowest BCUT2D eigenvalue weighted by Gasteiger charge is -2.39. The first kappa shape index (κ1) is 18.9. The van der Waals surface area contributed by atoms with Gasteiger partial charge in [0.25, 0.3) is 11.5 Å². The van der Waals surface area contributed by atoms with Crippen LogP contribution in [0.5, 0.6) is 0 Å². The van der Waals surface area contributed by atoms with Gasteiger partial charge in [0.2, 0.25) is 0 Å². The Morgan fingerprint density at radius 1 is 1.11 bits per heavy atom. The molecule has 1 saturated heterocycles. The number of aromatic amines is 1. The lowest BCUT2D eigenvalue weighted by Crippen LogP contribution is -2.46. The highest BCUT2D eigenvalue weighted by Crippen LogP contribution is 2.35. The topological polar surface area (TPSA) is 73.4 Å². The highest BCUT2D eigenvalue weighted by Gasteiger charge is 2.37. The molecule has 1 aliphatic heterocycles. The number of nitrogens with zero attached hydrogens (tertiary/aromatic N) is 1. The molecular weight excluding hydrogens is 352 g/mol. The minimum atomic E-state index is -0.914. The van der Waals surface area contributed by atoms with Crippen LogP contribution in [0.15, 0.2) is 35.1 Å². The van der Waals surface area contributed by atoms with Crippen molar-refractivity contribution >= 4 is 5.91 Å². The molecule has 0 radical (unpaired) electrons. The van der Waals surface area contributed by atoms with E-state index in [9.17, 15) is 14.7 Å². The summed E-state index contributed by atoms with van der Waals surface area (Å²) in [4.78, 5) is 30.2. The number of carbonyl (C=O) groups excluding carboxylic acids is 1. The van der Waals surface area contributed by atoms with Crippen LogP contribution in [0.4, 0.5) is 0 Å². The van der Waals surface area contributed by atoms with Crippen molar-refractivity contribution in [2.75, 3.05) is 13.1 Å². The third kappa shape index (κ3) is 3.51. The van der Waals surface area contributed by atoms with E-state index < -0.39 is 5.60 Å². The predicted octanol–water partition coefficient (Wildman–Crippen LogP) is 3.08. The number of hydrogen-bond acceptors (Lipinski definition) is 3. The van der Waals surface area contributed by atoms with E-state index in [2.05, 4.69) is 4.98 Å². The lowest BCUT2D eigenvalue weighted by atomic mass is 9.82. The number of aromatic nitrogens is 1. The number of benzene rings is 1. The number of fused-ring (bicyclic) bond motifs is 1. The quantitative estimate of drug-likeness (QED) is 0.787. The highest BCUT2D eigenvalue weighted by molar-refractivity contribution is 5.94. The molecule has 0 spiro atoms. The summed E-state index contributed by atoms with van der Waals surface area (Å²) in [6, 6.07) is 9.67. The van der Waals surface area contributed by atoms with Crippen LogP contribution >= 0.6 is 0 Å². The van der Waals surface area contributed by atoms with Crippen LogP contribution in [0.1, 0.15) is 64.8 Å². The Kier molecular flexibility index (Phi) is 5.11. The summed E-state index contributed by atoms with van der Waals surface area (Å²) in [7, 11) is 0. The molecule has 0 unspecified atom stereocenters. The number of nitrogens with one attached hydrogen (secondary N) is 1. The van der Waals surface area contributed by atoms with E-state index >= 15 is 0 Å². The molecule has 1 amide bonds. The van der Waals surface area contributed by atoms with Gasteiger partial charge in [-0.1, -0.05) is 30.7 Å². The standard InChI is InChI=1S/C23H28N2O3/c1-16-7-5-6-9-19(16)23(28)11-13-25(14-12-23)22(27)18-15-17-8-3-2-4-10-20(17)24-21(18)26/h5-7,9,15,28H,2-4,8,10-14H2,1H3,(H,24,26). The number of piperidine rings is 1. The number of amides is 1. The van der Waals surface area contributed by atoms with Gasteiger partial charge in [0, 0.05) is 18.8 Å². The average molecular weight is 380 g/mol. The molecule has 2 aliphatic rings. The number of aryl methyl sites for hydroxylation is 3. The van der Waals surface area contributed by atoms with Crippen molar-refractivity contribution in [3.63, 3.8) is 0 Å². The third-order valence-corrected chi connectivity index (χ3v) is 6.34. The van der Waals surface area contributed by atoms with E-state index in [1.807, 2.05) is 37.3 Å². The molecular formula is C23H28N2O3. The molecule has 1 aliphatic carbocycles. The minimum absolute atomic E-state index is 0.222. The zero-order valence-electron chi connectivity index (χ0n) is 16.5. The van der Waals surface area contributed by atoms with Crippen LogP contribution in [0.25, 0.3) is 0 Å². The number of aliphatic hydroxyl groups is 1. The Balaban J connectivity index is 1.53. The summed E-state index contributed by atoms with van der Waals surface area (Å²) >= 11 is 0. The zero-order chi connectivity index (χ0) is 19.7.